The van der Waals surface area contributed by atoms with Crippen molar-refractivity contribution in [3.63, 3.8) is 0 Å². The fraction of sp³-hybridized carbons (Fsp3) is 0.174. The number of aromatic amines is 1. The van der Waals surface area contributed by atoms with Gasteiger partial charge in [0, 0.05) is 11.3 Å². The van der Waals surface area contributed by atoms with Gasteiger partial charge in [-0.05, 0) is 38.5 Å². The van der Waals surface area contributed by atoms with Gasteiger partial charge in [0.2, 0.25) is 5.89 Å². The second-order valence-electron chi connectivity index (χ2n) is 7.34. The van der Waals surface area contributed by atoms with Crippen LogP contribution in [0.1, 0.15) is 17.0 Å². The smallest absolute Gasteiger partial charge is 0.285 e. The summed E-state index contributed by atoms with van der Waals surface area (Å²) in [6, 6.07) is 13.6. The van der Waals surface area contributed by atoms with Crippen LogP contribution in [0.3, 0.4) is 0 Å². The second-order valence-corrected chi connectivity index (χ2v) is 7.34. The van der Waals surface area contributed by atoms with Crippen molar-refractivity contribution < 1.29 is 9.15 Å². The van der Waals surface area contributed by atoms with Crippen LogP contribution in [0, 0.1) is 20.8 Å². The van der Waals surface area contributed by atoms with Crippen LogP contribution in [-0.2, 0) is 0 Å². The highest BCUT2D eigenvalue weighted by atomic mass is 16.5. The van der Waals surface area contributed by atoms with Gasteiger partial charge in [0.1, 0.15) is 11.3 Å². The summed E-state index contributed by atoms with van der Waals surface area (Å²) in [6.07, 6.45) is 0. The molecule has 150 valence electrons. The van der Waals surface area contributed by atoms with Gasteiger partial charge in [-0.3, -0.25) is 9.89 Å². The van der Waals surface area contributed by atoms with Crippen molar-refractivity contribution in [2.75, 3.05) is 7.11 Å². The molecule has 0 aliphatic rings. The summed E-state index contributed by atoms with van der Waals surface area (Å²) in [6.45, 7) is 5.77. The standard InChI is InChI=1S/C23H20N4O3/c1-12-8-10-15(11-9-12)18-14(3)26-27-21(18)24-13(2)19(23(27)28)22-25-20-16(29-4)6-5-7-17(20)30-22/h5-11,26H,1-4H3. The number of hydrogen-bond acceptors (Lipinski definition) is 5. The normalized spacial score (nSPS) is 11.5. The van der Waals surface area contributed by atoms with E-state index in [0.29, 0.717) is 33.8 Å². The number of rotatable bonds is 3. The predicted molar refractivity (Wildman–Crippen MR) is 115 cm³/mol. The molecule has 1 N–H and O–H groups in total. The molecule has 0 saturated heterocycles. The molecular weight excluding hydrogens is 380 g/mol. The van der Waals surface area contributed by atoms with E-state index in [1.54, 1.807) is 26.2 Å². The largest absolute Gasteiger partial charge is 0.494 e. The van der Waals surface area contributed by atoms with Gasteiger partial charge >= 0.3 is 0 Å². The Labute approximate surface area is 172 Å². The molecule has 7 nitrogen and oxygen atoms in total. The zero-order valence-corrected chi connectivity index (χ0v) is 17.1. The van der Waals surface area contributed by atoms with Crippen molar-refractivity contribution in [1.82, 2.24) is 19.6 Å². The first-order chi connectivity index (χ1) is 14.5. The highest BCUT2D eigenvalue weighted by Crippen LogP contribution is 2.31. The Bertz CT molecular complexity index is 1470. The molecule has 0 aliphatic carbocycles. The van der Waals surface area contributed by atoms with Gasteiger partial charge in [0.15, 0.2) is 16.7 Å². The van der Waals surface area contributed by atoms with E-state index in [1.165, 1.54) is 10.1 Å². The maximum Gasteiger partial charge on any atom is 0.285 e. The minimum absolute atomic E-state index is 0.225. The third-order valence-corrected chi connectivity index (χ3v) is 5.30. The Balaban J connectivity index is 1.76. The number of nitrogens with one attached hydrogen (secondary N) is 1. The van der Waals surface area contributed by atoms with Crippen LogP contribution in [0.4, 0.5) is 0 Å². The number of oxazole rings is 1. The summed E-state index contributed by atoms with van der Waals surface area (Å²) < 4.78 is 12.7. The third kappa shape index (κ3) is 2.62. The molecule has 0 bridgehead atoms. The Morgan fingerprint density at radius 2 is 1.77 bits per heavy atom. The summed E-state index contributed by atoms with van der Waals surface area (Å²) >= 11 is 0. The third-order valence-electron chi connectivity index (χ3n) is 5.30. The SMILES string of the molecule is COc1cccc2oc(-c3c(C)nc4c(-c5ccc(C)cc5)c(C)[nH]n4c3=O)nc12. The number of aromatic nitrogens is 4. The van der Waals surface area contributed by atoms with E-state index in [0.717, 1.165) is 16.8 Å². The first kappa shape index (κ1) is 18.2. The average molecular weight is 400 g/mol. The molecule has 3 heterocycles. The summed E-state index contributed by atoms with van der Waals surface area (Å²) in [7, 11) is 1.57. The number of aryl methyl sites for hydroxylation is 3. The second kappa shape index (κ2) is 6.59. The molecule has 30 heavy (non-hydrogen) atoms. The molecule has 7 heteroatoms. The van der Waals surface area contributed by atoms with Gasteiger partial charge in [0.05, 0.1) is 12.8 Å². The van der Waals surface area contributed by atoms with E-state index in [4.69, 9.17) is 14.1 Å². The van der Waals surface area contributed by atoms with Gasteiger partial charge in [-0.15, -0.1) is 0 Å². The number of para-hydroxylation sites is 1. The summed E-state index contributed by atoms with van der Waals surface area (Å²) in [5, 5.41) is 3.15. The lowest BCUT2D eigenvalue weighted by molar-refractivity contribution is 0.419. The quantitative estimate of drug-likeness (QED) is 0.484. The van der Waals surface area contributed by atoms with Crippen molar-refractivity contribution in [3.8, 4) is 28.3 Å². The number of fused-ring (bicyclic) bond motifs is 2. The topological polar surface area (TPSA) is 85.4 Å². The fourth-order valence-corrected chi connectivity index (χ4v) is 3.80. The monoisotopic (exact) mass is 400 g/mol. The number of methoxy groups -OCH3 is 1. The number of H-pyrrole nitrogens is 1. The van der Waals surface area contributed by atoms with Crippen LogP contribution in [0.25, 0.3) is 39.3 Å². The van der Waals surface area contributed by atoms with E-state index in [2.05, 4.69) is 10.1 Å². The van der Waals surface area contributed by atoms with E-state index < -0.39 is 0 Å². The van der Waals surface area contributed by atoms with Crippen molar-refractivity contribution in [2.24, 2.45) is 0 Å². The Kier molecular flexibility index (Phi) is 3.99. The van der Waals surface area contributed by atoms with Gasteiger partial charge in [-0.2, -0.15) is 0 Å². The van der Waals surface area contributed by atoms with E-state index in [9.17, 15) is 4.79 Å². The van der Waals surface area contributed by atoms with Crippen LogP contribution >= 0.6 is 0 Å². The van der Waals surface area contributed by atoms with Crippen LogP contribution in [0.15, 0.2) is 51.7 Å². The molecule has 3 aromatic heterocycles. The molecule has 0 atom stereocenters. The summed E-state index contributed by atoms with van der Waals surface area (Å²) in [4.78, 5) is 22.7. The number of ether oxygens (including phenoxy) is 1. The molecule has 0 amide bonds. The lowest BCUT2D eigenvalue weighted by Gasteiger charge is -2.04. The number of hydrogen-bond donors (Lipinski definition) is 1. The lowest BCUT2D eigenvalue weighted by Crippen LogP contribution is -2.19. The molecule has 0 fully saturated rings. The highest BCUT2D eigenvalue weighted by molar-refractivity contribution is 5.83. The zero-order valence-electron chi connectivity index (χ0n) is 17.1. The Hall–Kier alpha value is -3.87. The van der Waals surface area contributed by atoms with Gasteiger partial charge in [-0.25, -0.2) is 14.5 Å². The van der Waals surface area contributed by atoms with Crippen molar-refractivity contribution in [2.45, 2.75) is 20.8 Å². The van der Waals surface area contributed by atoms with Crippen LogP contribution in [0.5, 0.6) is 5.75 Å². The molecular formula is C23H20N4O3. The maximum atomic E-state index is 13.4. The van der Waals surface area contributed by atoms with Crippen molar-refractivity contribution >= 4 is 16.7 Å². The van der Waals surface area contributed by atoms with E-state index in [-0.39, 0.29) is 11.4 Å². The molecule has 0 unspecified atom stereocenters. The number of nitrogens with zero attached hydrogens (tertiary/aromatic N) is 3. The summed E-state index contributed by atoms with van der Waals surface area (Å²) in [5.74, 6) is 0.815. The molecule has 0 radical (unpaired) electrons. The van der Waals surface area contributed by atoms with Crippen LogP contribution in [0.2, 0.25) is 0 Å². The first-order valence-electron chi connectivity index (χ1n) is 9.61. The van der Waals surface area contributed by atoms with Crippen LogP contribution < -0.4 is 10.3 Å². The zero-order chi connectivity index (χ0) is 21.0. The van der Waals surface area contributed by atoms with Crippen LogP contribution in [-0.4, -0.2) is 26.7 Å². The van der Waals surface area contributed by atoms with E-state index >= 15 is 0 Å². The van der Waals surface area contributed by atoms with Gasteiger partial charge in [0.25, 0.3) is 5.56 Å². The number of benzene rings is 2. The van der Waals surface area contributed by atoms with Crippen molar-refractivity contribution in [1.29, 1.82) is 0 Å². The first-order valence-corrected chi connectivity index (χ1v) is 9.61. The molecule has 0 spiro atoms. The van der Waals surface area contributed by atoms with Crippen molar-refractivity contribution in [3.05, 3.63) is 69.8 Å². The predicted octanol–water partition coefficient (Wildman–Crippen LogP) is 4.43. The average Bonchev–Trinajstić information content (AvgIpc) is 3.29. The molecule has 0 saturated carbocycles. The van der Waals surface area contributed by atoms with Gasteiger partial charge < -0.3 is 9.15 Å². The minimum atomic E-state index is -0.260. The van der Waals surface area contributed by atoms with E-state index in [1.807, 2.05) is 44.2 Å². The molecule has 0 aliphatic heterocycles. The molecule has 5 rings (SSSR count). The molecule has 5 aromatic rings. The highest BCUT2D eigenvalue weighted by Gasteiger charge is 2.22. The Morgan fingerprint density at radius 1 is 1.00 bits per heavy atom. The fourth-order valence-electron chi connectivity index (χ4n) is 3.80. The van der Waals surface area contributed by atoms with Gasteiger partial charge in [-0.1, -0.05) is 35.9 Å². The Morgan fingerprint density at radius 3 is 2.50 bits per heavy atom. The minimum Gasteiger partial charge on any atom is -0.494 e. The lowest BCUT2D eigenvalue weighted by atomic mass is 10.0. The molecule has 2 aromatic carbocycles. The summed E-state index contributed by atoms with van der Waals surface area (Å²) in [5.41, 5.74) is 6.26. The maximum absolute atomic E-state index is 13.4.